The zero-order valence-corrected chi connectivity index (χ0v) is 8.69. The first-order valence-corrected chi connectivity index (χ1v) is 6.50. The smallest absolute Gasteiger partial charge is 0.113 e. The number of nitrogen functional groups attached to an aromatic ring is 1. The summed E-state index contributed by atoms with van der Waals surface area (Å²) >= 11 is 5.86. The van der Waals surface area contributed by atoms with E-state index in [0.29, 0.717) is 16.0 Å². The first-order valence-electron chi connectivity index (χ1n) is 3.52. The average Bonchev–Trinajstić information content (AvgIpc) is 1.82. The van der Waals surface area contributed by atoms with E-state index in [2.05, 4.69) is 0 Å². The topological polar surface area (TPSA) is 43.1 Å². The van der Waals surface area contributed by atoms with Crippen LogP contribution in [-0.2, 0) is 4.57 Å². The predicted molar refractivity (Wildman–Crippen MR) is 55.0 cm³/mol. The largest absolute Gasteiger partial charge is 0.398 e. The van der Waals surface area contributed by atoms with Gasteiger partial charge in [0.05, 0.1) is 10.3 Å². The third-order valence-corrected chi connectivity index (χ3v) is 3.58. The Morgan fingerprint density at radius 1 is 1.42 bits per heavy atom. The lowest BCUT2D eigenvalue weighted by atomic mass is 10.3. The van der Waals surface area contributed by atoms with Gasteiger partial charge in [0.25, 0.3) is 0 Å². The highest BCUT2D eigenvalue weighted by molar-refractivity contribution is 7.70. The SMILES string of the molecule is CP(C)(=O)c1c(N)cccc1Cl. The van der Waals surface area contributed by atoms with Crippen LogP contribution >= 0.6 is 18.7 Å². The summed E-state index contributed by atoms with van der Waals surface area (Å²) in [6.45, 7) is 3.31. The molecule has 12 heavy (non-hydrogen) atoms. The van der Waals surface area contributed by atoms with Gasteiger partial charge in [0.2, 0.25) is 0 Å². The highest BCUT2D eigenvalue weighted by Crippen LogP contribution is 2.39. The van der Waals surface area contributed by atoms with Crippen LogP contribution in [0, 0.1) is 0 Å². The molecule has 4 heteroatoms. The predicted octanol–water partition coefficient (Wildman–Crippen LogP) is 2.17. The zero-order chi connectivity index (χ0) is 9.35. The van der Waals surface area contributed by atoms with E-state index >= 15 is 0 Å². The van der Waals surface area contributed by atoms with Crippen molar-refractivity contribution in [2.75, 3.05) is 19.1 Å². The molecule has 0 bridgehead atoms. The molecule has 2 N–H and O–H groups in total. The molecule has 0 aliphatic rings. The van der Waals surface area contributed by atoms with Crippen molar-refractivity contribution in [3.8, 4) is 0 Å². The lowest BCUT2D eigenvalue weighted by molar-refractivity contribution is 0.588. The molecular formula is C8H11ClNOP. The summed E-state index contributed by atoms with van der Waals surface area (Å²) < 4.78 is 11.7. The number of rotatable bonds is 1. The van der Waals surface area contributed by atoms with E-state index in [4.69, 9.17) is 17.3 Å². The number of hydrogen-bond acceptors (Lipinski definition) is 2. The summed E-state index contributed by atoms with van der Waals surface area (Å²) in [5.41, 5.74) is 6.16. The first-order chi connectivity index (χ1) is 5.43. The van der Waals surface area contributed by atoms with Gasteiger partial charge in [-0.15, -0.1) is 0 Å². The highest BCUT2D eigenvalue weighted by Gasteiger charge is 2.17. The van der Waals surface area contributed by atoms with Crippen molar-refractivity contribution in [3.05, 3.63) is 23.2 Å². The molecule has 66 valence electrons. The number of hydrogen-bond donors (Lipinski definition) is 1. The van der Waals surface area contributed by atoms with Crippen LogP contribution in [0.3, 0.4) is 0 Å². The van der Waals surface area contributed by atoms with Gasteiger partial charge in [-0.2, -0.15) is 0 Å². The fourth-order valence-electron chi connectivity index (χ4n) is 1.10. The number of benzene rings is 1. The summed E-state index contributed by atoms with van der Waals surface area (Å²) in [7, 11) is -2.35. The number of anilines is 1. The average molecular weight is 204 g/mol. The van der Waals surface area contributed by atoms with Gasteiger partial charge in [-0.3, -0.25) is 0 Å². The third kappa shape index (κ3) is 1.82. The van der Waals surface area contributed by atoms with Crippen LogP contribution in [0.1, 0.15) is 0 Å². The van der Waals surface area contributed by atoms with Gasteiger partial charge >= 0.3 is 0 Å². The van der Waals surface area contributed by atoms with Crippen LogP contribution in [0.15, 0.2) is 18.2 Å². The molecule has 0 aliphatic carbocycles. The summed E-state index contributed by atoms with van der Waals surface area (Å²) in [4.78, 5) is 0. The first kappa shape index (κ1) is 9.63. The second-order valence-corrected chi connectivity index (χ2v) is 6.58. The molecule has 0 saturated carbocycles. The summed E-state index contributed by atoms with van der Waals surface area (Å²) in [5.74, 6) is 0. The molecule has 0 fully saturated rings. The maximum absolute atomic E-state index is 11.7. The lowest BCUT2D eigenvalue weighted by Gasteiger charge is -2.11. The lowest BCUT2D eigenvalue weighted by Crippen LogP contribution is -2.10. The molecular weight excluding hydrogens is 193 g/mol. The Balaban J connectivity index is 3.42. The Bertz CT molecular complexity index is 325. The van der Waals surface area contributed by atoms with Crippen LogP contribution in [0.4, 0.5) is 5.69 Å². The van der Waals surface area contributed by atoms with Crippen molar-refractivity contribution < 1.29 is 4.57 Å². The fraction of sp³-hybridized carbons (Fsp3) is 0.250. The van der Waals surface area contributed by atoms with E-state index in [9.17, 15) is 4.57 Å². The number of nitrogens with two attached hydrogens (primary N) is 1. The normalized spacial score (nSPS) is 11.6. The van der Waals surface area contributed by atoms with Crippen molar-refractivity contribution in [1.82, 2.24) is 0 Å². The van der Waals surface area contributed by atoms with Crippen molar-refractivity contribution in [3.63, 3.8) is 0 Å². The van der Waals surface area contributed by atoms with Crippen LogP contribution in [-0.4, -0.2) is 13.3 Å². The molecule has 0 amide bonds. The van der Waals surface area contributed by atoms with Gasteiger partial charge in [-0.05, 0) is 25.5 Å². The van der Waals surface area contributed by atoms with Crippen molar-refractivity contribution in [2.24, 2.45) is 0 Å². The van der Waals surface area contributed by atoms with Crippen molar-refractivity contribution >= 4 is 29.7 Å². The quantitative estimate of drug-likeness (QED) is 0.562. The van der Waals surface area contributed by atoms with E-state index in [1.165, 1.54) is 0 Å². The van der Waals surface area contributed by atoms with Crippen molar-refractivity contribution in [1.29, 1.82) is 0 Å². The summed E-state index contributed by atoms with van der Waals surface area (Å²) in [5, 5.41) is 1.08. The van der Waals surface area contributed by atoms with Crippen LogP contribution in [0.2, 0.25) is 5.02 Å². The Labute approximate surface area is 77.1 Å². The van der Waals surface area contributed by atoms with Gasteiger partial charge in [0, 0.05) is 5.69 Å². The molecule has 0 aromatic heterocycles. The Morgan fingerprint density at radius 3 is 2.33 bits per heavy atom. The molecule has 0 atom stereocenters. The molecule has 1 aromatic carbocycles. The van der Waals surface area contributed by atoms with Gasteiger partial charge in [0.15, 0.2) is 0 Å². The minimum atomic E-state index is -2.35. The minimum Gasteiger partial charge on any atom is -0.398 e. The third-order valence-electron chi connectivity index (χ3n) is 1.56. The maximum Gasteiger partial charge on any atom is 0.113 e. The van der Waals surface area contributed by atoms with Crippen LogP contribution < -0.4 is 11.0 Å². The van der Waals surface area contributed by atoms with E-state index in [-0.39, 0.29) is 0 Å². The second-order valence-electron chi connectivity index (χ2n) is 3.03. The molecule has 2 nitrogen and oxygen atoms in total. The minimum absolute atomic E-state index is 0.489. The molecule has 0 unspecified atom stereocenters. The van der Waals surface area contributed by atoms with Gasteiger partial charge in [0.1, 0.15) is 7.14 Å². The van der Waals surface area contributed by atoms with Crippen LogP contribution in [0.5, 0.6) is 0 Å². The summed E-state index contributed by atoms with van der Waals surface area (Å²) in [6.07, 6.45) is 0. The zero-order valence-electron chi connectivity index (χ0n) is 7.04. The molecule has 0 heterocycles. The van der Waals surface area contributed by atoms with Crippen molar-refractivity contribution in [2.45, 2.75) is 0 Å². The fourth-order valence-corrected chi connectivity index (χ4v) is 3.18. The van der Waals surface area contributed by atoms with E-state index in [1.54, 1.807) is 31.5 Å². The standard InChI is InChI=1S/C8H11ClNOP/c1-12(2,11)8-6(9)4-3-5-7(8)10/h3-5H,10H2,1-2H3. The molecule has 1 rings (SSSR count). The van der Waals surface area contributed by atoms with Gasteiger partial charge in [-0.25, -0.2) is 0 Å². The Hall–Kier alpha value is -0.460. The monoisotopic (exact) mass is 203 g/mol. The molecule has 1 aromatic rings. The van der Waals surface area contributed by atoms with E-state index in [0.717, 1.165) is 0 Å². The molecule has 0 aliphatic heterocycles. The maximum atomic E-state index is 11.7. The number of halogens is 1. The second kappa shape index (κ2) is 3.12. The van der Waals surface area contributed by atoms with E-state index < -0.39 is 7.14 Å². The van der Waals surface area contributed by atoms with Gasteiger partial charge < -0.3 is 10.3 Å². The highest BCUT2D eigenvalue weighted by atomic mass is 35.5. The van der Waals surface area contributed by atoms with Gasteiger partial charge in [-0.1, -0.05) is 17.7 Å². The summed E-state index contributed by atoms with van der Waals surface area (Å²) in [6, 6.07) is 5.16. The molecule has 0 radical (unpaired) electrons. The molecule has 0 spiro atoms. The van der Waals surface area contributed by atoms with Crippen LogP contribution in [0.25, 0.3) is 0 Å². The Morgan fingerprint density at radius 2 is 2.00 bits per heavy atom. The molecule has 0 saturated heterocycles. The Kier molecular flexibility index (Phi) is 2.50. The van der Waals surface area contributed by atoms with E-state index in [1.807, 2.05) is 0 Å².